The van der Waals surface area contributed by atoms with Crippen molar-refractivity contribution in [2.24, 2.45) is 5.92 Å². The van der Waals surface area contributed by atoms with E-state index in [4.69, 9.17) is 0 Å². The Labute approximate surface area is 105 Å². The Hall–Kier alpha value is -1.02. The Bertz CT molecular complexity index is 345. The third-order valence-corrected chi connectivity index (χ3v) is 2.88. The van der Waals surface area contributed by atoms with Gasteiger partial charge in [0.05, 0.1) is 6.10 Å². The summed E-state index contributed by atoms with van der Waals surface area (Å²) in [5, 5.41) is 9.84. The van der Waals surface area contributed by atoms with Gasteiger partial charge in [-0.05, 0) is 32.8 Å². The van der Waals surface area contributed by atoms with Crippen molar-refractivity contribution in [2.45, 2.75) is 46.8 Å². The lowest BCUT2D eigenvalue weighted by atomic mass is 10.0. The lowest BCUT2D eigenvalue weighted by molar-refractivity contribution is 0.199. The summed E-state index contributed by atoms with van der Waals surface area (Å²) in [6.45, 7) is 11.7. The molecule has 1 N–H and O–H groups in total. The van der Waals surface area contributed by atoms with Crippen LogP contribution in [0.15, 0.2) is 24.3 Å². The Morgan fingerprint density at radius 2 is 1.65 bits per heavy atom. The fraction of sp³-hybridized carbons (Fsp3) is 0.600. The zero-order valence-electron chi connectivity index (χ0n) is 11.6. The molecule has 1 unspecified atom stereocenters. The van der Waals surface area contributed by atoms with Crippen molar-refractivity contribution < 1.29 is 5.11 Å². The van der Waals surface area contributed by atoms with Gasteiger partial charge in [-0.1, -0.05) is 32.0 Å². The van der Waals surface area contributed by atoms with E-state index in [0.717, 1.165) is 17.8 Å². The van der Waals surface area contributed by atoms with E-state index in [1.54, 1.807) is 0 Å². The molecule has 0 spiro atoms. The molecule has 0 heterocycles. The smallest absolute Gasteiger partial charge is 0.0781 e. The molecular formula is C15H25NO. The van der Waals surface area contributed by atoms with Crippen LogP contribution in [-0.2, 0) is 0 Å². The summed E-state index contributed by atoms with van der Waals surface area (Å²) in [6.07, 6.45) is -0.417. The summed E-state index contributed by atoms with van der Waals surface area (Å²) in [7, 11) is 0. The highest BCUT2D eigenvalue weighted by molar-refractivity contribution is 5.55. The van der Waals surface area contributed by atoms with Gasteiger partial charge in [-0.3, -0.25) is 0 Å². The molecule has 1 aromatic rings. The van der Waals surface area contributed by atoms with Gasteiger partial charge in [-0.2, -0.15) is 0 Å². The summed E-state index contributed by atoms with van der Waals surface area (Å²) in [4.78, 5) is 2.37. The highest BCUT2D eigenvalue weighted by Gasteiger charge is 2.17. The summed E-state index contributed by atoms with van der Waals surface area (Å²) in [5.74, 6) is 0.611. The fourth-order valence-electron chi connectivity index (χ4n) is 2.08. The van der Waals surface area contributed by atoms with Gasteiger partial charge in [0.25, 0.3) is 0 Å². The van der Waals surface area contributed by atoms with Crippen LogP contribution in [-0.4, -0.2) is 17.7 Å². The van der Waals surface area contributed by atoms with E-state index in [1.165, 1.54) is 0 Å². The van der Waals surface area contributed by atoms with Gasteiger partial charge in [-0.25, -0.2) is 0 Å². The summed E-state index contributed by atoms with van der Waals surface area (Å²) >= 11 is 0. The minimum Gasteiger partial charge on any atom is -0.389 e. The van der Waals surface area contributed by atoms with E-state index in [0.29, 0.717) is 12.0 Å². The number of rotatable bonds is 5. The van der Waals surface area contributed by atoms with Crippen molar-refractivity contribution >= 4 is 5.69 Å². The number of nitrogens with zero attached hydrogens (tertiary/aromatic N) is 1. The fourth-order valence-corrected chi connectivity index (χ4v) is 2.08. The molecule has 1 aromatic carbocycles. The molecule has 0 saturated carbocycles. The molecule has 96 valence electrons. The minimum atomic E-state index is -0.417. The summed E-state index contributed by atoms with van der Waals surface area (Å²) in [6, 6.07) is 8.58. The second kappa shape index (κ2) is 6.06. The molecule has 1 atom stereocenters. The second-order valence-corrected chi connectivity index (χ2v) is 5.37. The van der Waals surface area contributed by atoms with Gasteiger partial charge in [-0.15, -0.1) is 0 Å². The van der Waals surface area contributed by atoms with E-state index < -0.39 is 6.10 Å². The van der Waals surface area contributed by atoms with Crippen molar-refractivity contribution in [1.29, 1.82) is 0 Å². The molecule has 17 heavy (non-hydrogen) atoms. The standard InChI is InChI=1S/C15H25NO/c1-11(2)10-16(12(3)4)15-9-7-6-8-14(15)13(5)17/h6-9,11-13,17H,10H2,1-5H3. The lowest BCUT2D eigenvalue weighted by Gasteiger charge is -2.33. The molecule has 0 aliphatic heterocycles. The van der Waals surface area contributed by atoms with Crippen molar-refractivity contribution in [2.75, 3.05) is 11.4 Å². The van der Waals surface area contributed by atoms with E-state index in [-0.39, 0.29) is 0 Å². The predicted octanol–water partition coefficient (Wildman–Crippen LogP) is 3.61. The maximum Gasteiger partial charge on any atom is 0.0781 e. The third kappa shape index (κ3) is 3.74. The molecule has 0 fully saturated rings. The molecule has 1 rings (SSSR count). The van der Waals surface area contributed by atoms with E-state index in [1.807, 2.05) is 25.1 Å². The van der Waals surface area contributed by atoms with Crippen LogP contribution in [0.2, 0.25) is 0 Å². The predicted molar refractivity (Wildman–Crippen MR) is 74.4 cm³/mol. The van der Waals surface area contributed by atoms with Crippen LogP contribution in [0.3, 0.4) is 0 Å². The number of hydrogen-bond acceptors (Lipinski definition) is 2. The molecule has 0 saturated heterocycles. The quantitative estimate of drug-likeness (QED) is 0.842. The van der Waals surface area contributed by atoms with Crippen molar-refractivity contribution in [1.82, 2.24) is 0 Å². The van der Waals surface area contributed by atoms with Crippen LogP contribution in [0, 0.1) is 5.92 Å². The van der Waals surface area contributed by atoms with Crippen molar-refractivity contribution in [3.8, 4) is 0 Å². The summed E-state index contributed by atoms with van der Waals surface area (Å²) < 4.78 is 0. The molecule has 0 aromatic heterocycles. The summed E-state index contributed by atoms with van der Waals surface area (Å²) in [5.41, 5.74) is 2.17. The van der Waals surface area contributed by atoms with E-state index in [2.05, 4.69) is 38.7 Å². The second-order valence-electron chi connectivity index (χ2n) is 5.37. The maximum absolute atomic E-state index is 9.84. The van der Waals surface area contributed by atoms with Crippen molar-refractivity contribution in [3.05, 3.63) is 29.8 Å². The average molecular weight is 235 g/mol. The van der Waals surface area contributed by atoms with Crippen LogP contribution >= 0.6 is 0 Å². The Morgan fingerprint density at radius 1 is 1.06 bits per heavy atom. The largest absolute Gasteiger partial charge is 0.389 e. The Morgan fingerprint density at radius 3 is 2.12 bits per heavy atom. The first-order chi connectivity index (χ1) is 7.93. The first kappa shape index (κ1) is 14.0. The number of hydrogen-bond donors (Lipinski definition) is 1. The van der Waals surface area contributed by atoms with Gasteiger partial charge >= 0.3 is 0 Å². The van der Waals surface area contributed by atoms with Crippen LogP contribution in [0.1, 0.15) is 46.3 Å². The number of para-hydroxylation sites is 1. The van der Waals surface area contributed by atoms with E-state index >= 15 is 0 Å². The molecule has 0 aliphatic rings. The molecule has 0 radical (unpaired) electrons. The normalized spacial score (nSPS) is 13.2. The van der Waals surface area contributed by atoms with Gasteiger partial charge in [0.15, 0.2) is 0 Å². The zero-order valence-corrected chi connectivity index (χ0v) is 11.6. The number of anilines is 1. The molecular weight excluding hydrogens is 210 g/mol. The zero-order chi connectivity index (χ0) is 13.0. The average Bonchev–Trinajstić information content (AvgIpc) is 2.25. The minimum absolute atomic E-state index is 0.417. The Balaban J connectivity index is 3.09. The van der Waals surface area contributed by atoms with Crippen LogP contribution in [0.5, 0.6) is 0 Å². The Kier molecular flexibility index (Phi) is 5.01. The lowest BCUT2D eigenvalue weighted by Crippen LogP contribution is -2.35. The monoisotopic (exact) mass is 235 g/mol. The van der Waals surface area contributed by atoms with Gasteiger partial charge in [0.2, 0.25) is 0 Å². The maximum atomic E-state index is 9.84. The molecule has 2 heteroatoms. The van der Waals surface area contributed by atoms with Crippen LogP contribution < -0.4 is 4.90 Å². The van der Waals surface area contributed by atoms with E-state index in [9.17, 15) is 5.11 Å². The van der Waals surface area contributed by atoms with Gasteiger partial charge in [0.1, 0.15) is 0 Å². The van der Waals surface area contributed by atoms with Gasteiger partial charge in [0, 0.05) is 23.8 Å². The topological polar surface area (TPSA) is 23.5 Å². The van der Waals surface area contributed by atoms with Crippen LogP contribution in [0.25, 0.3) is 0 Å². The first-order valence-electron chi connectivity index (χ1n) is 6.47. The number of aliphatic hydroxyl groups excluding tert-OH is 1. The molecule has 0 aliphatic carbocycles. The SMILES string of the molecule is CC(C)CN(c1ccccc1C(C)O)C(C)C. The van der Waals surface area contributed by atoms with Crippen molar-refractivity contribution in [3.63, 3.8) is 0 Å². The third-order valence-electron chi connectivity index (χ3n) is 2.88. The molecule has 0 bridgehead atoms. The highest BCUT2D eigenvalue weighted by Crippen LogP contribution is 2.28. The molecule has 2 nitrogen and oxygen atoms in total. The number of benzene rings is 1. The highest BCUT2D eigenvalue weighted by atomic mass is 16.3. The first-order valence-corrected chi connectivity index (χ1v) is 6.47. The number of aliphatic hydroxyl groups is 1. The molecule has 0 amide bonds. The van der Waals surface area contributed by atoms with Gasteiger partial charge < -0.3 is 10.0 Å². The van der Waals surface area contributed by atoms with Crippen LogP contribution in [0.4, 0.5) is 5.69 Å².